The molecule has 0 amide bonds. The second-order valence-corrected chi connectivity index (χ2v) is 6.53. The molecule has 2 N–H and O–H groups in total. The van der Waals surface area contributed by atoms with Crippen LogP contribution in [0.3, 0.4) is 0 Å². The van der Waals surface area contributed by atoms with E-state index in [1.807, 2.05) is 33.8 Å². The lowest BCUT2D eigenvalue weighted by Crippen LogP contribution is -2.54. The van der Waals surface area contributed by atoms with Gasteiger partial charge in [0.2, 0.25) is 0 Å². The number of hydrogen-bond donors (Lipinski definition) is 2. The van der Waals surface area contributed by atoms with Crippen molar-refractivity contribution in [3.63, 3.8) is 0 Å². The van der Waals surface area contributed by atoms with Gasteiger partial charge in [-0.1, -0.05) is 18.7 Å². The minimum atomic E-state index is -0.831. The van der Waals surface area contributed by atoms with Crippen LogP contribution in [0.25, 0.3) is 0 Å². The van der Waals surface area contributed by atoms with Crippen molar-refractivity contribution in [3.8, 4) is 0 Å². The summed E-state index contributed by atoms with van der Waals surface area (Å²) < 4.78 is 0. The van der Waals surface area contributed by atoms with E-state index in [-0.39, 0.29) is 6.04 Å². The number of hydrogen-bond acceptors (Lipinski definition) is 5. The Morgan fingerprint density at radius 3 is 2.76 bits per heavy atom. The van der Waals surface area contributed by atoms with E-state index in [1.54, 1.807) is 18.0 Å². The Morgan fingerprint density at radius 2 is 2.24 bits per heavy atom. The van der Waals surface area contributed by atoms with Gasteiger partial charge in [0.25, 0.3) is 0 Å². The fourth-order valence-electron chi connectivity index (χ4n) is 2.26. The highest BCUT2D eigenvalue weighted by atomic mass is 32.2. The molecule has 5 nitrogen and oxygen atoms in total. The lowest BCUT2D eigenvalue weighted by molar-refractivity contribution is -0.145. The average molecular weight is 311 g/mol. The first-order valence-electron chi connectivity index (χ1n) is 7.33. The molecule has 1 aromatic heterocycles. The van der Waals surface area contributed by atoms with Gasteiger partial charge in [-0.2, -0.15) is 0 Å². The summed E-state index contributed by atoms with van der Waals surface area (Å²) in [5.41, 5.74) is 0.116. The molecule has 118 valence electrons. The van der Waals surface area contributed by atoms with Crippen molar-refractivity contribution in [2.24, 2.45) is 0 Å². The Hall–Kier alpha value is -1.14. The summed E-state index contributed by atoms with van der Waals surface area (Å²) in [7, 11) is 0. The fraction of sp³-hybridized carbons (Fsp3) is 0.667. The van der Waals surface area contributed by atoms with Crippen molar-refractivity contribution in [1.82, 2.24) is 15.3 Å². The first kappa shape index (κ1) is 17.9. The molecule has 1 aromatic rings. The van der Waals surface area contributed by atoms with Crippen LogP contribution in [0.5, 0.6) is 0 Å². The molecule has 0 radical (unpaired) electrons. The van der Waals surface area contributed by atoms with Crippen molar-refractivity contribution < 1.29 is 9.90 Å². The highest BCUT2D eigenvalue weighted by Crippen LogP contribution is 2.22. The van der Waals surface area contributed by atoms with Crippen LogP contribution in [0.4, 0.5) is 0 Å². The molecule has 0 fully saturated rings. The van der Waals surface area contributed by atoms with Crippen molar-refractivity contribution in [2.45, 2.75) is 63.7 Å². The number of carbonyl (C=O) groups is 1. The van der Waals surface area contributed by atoms with Crippen molar-refractivity contribution in [2.75, 3.05) is 5.75 Å². The number of carboxylic acids is 1. The van der Waals surface area contributed by atoms with Crippen LogP contribution in [-0.4, -0.2) is 38.4 Å². The van der Waals surface area contributed by atoms with Crippen LogP contribution in [0, 0.1) is 6.92 Å². The third-order valence-corrected chi connectivity index (χ3v) is 4.28. The minimum Gasteiger partial charge on any atom is -0.480 e. The SMILES string of the molecule is CCC(CCCSc1nccc(C)n1)(NC(C)C)C(=O)O. The number of nitrogens with zero attached hydrogens (tertiary/aromatic N) is 2. The first-order valence-corrected chi connectivity index (χ1v) is 8.31. The molecule has 1 heterocycles. The quantitative estimate of drug-likeness (QED) is 0.415. The molecule has 0 bridgehead atoms. The predicted octanol–water partition coefficient (Wildman–Crippen LogP) is 2.89. The predicted molar refractivity (Wildman–Crippen MR) is 85.7 cm³/mol. The lowest BCUT2D eigenvalue weighted by Gasteiger charge is -2.31. The summed E-state index contributed by atoms with van der Waals surface area (Å²) in [6.45, 7) is 7.80. The smallest absolute Gasteiger partial charge is 0.323 e. The van der Waals surface area contributed by atoms with Crippen molar-refractivity contribution in [1.29, 1.82) is 0 Å². The zero-order valence-electron chi connectivity index (χ0n) is 13.2. The maximum atomic E-state index is 11.6. The maximum Gasteiger partial charge on any atom is 0.323 e. The van der Waals surface area contributed by atoms with Gasteiger partial charge in [0, 0.05) is 23.7 Å². The molecule has 0 saturated heterocycles. The summed E-state index contributed by atoms with van der Waals surface area (Å²) in [5.74, 6) is 0.0497. The van der Waals surface area contributed by atoms with Gasteiger partial charge in [-0.25, -0.2) is 9.97 Å². The number of aromatic nitrogens is 2. The van der Waals surface area contributed by atoms with E-state index in [2.05, 4.69) is 15.3 Å². The number of thioether (sulfide) groups is 1. The first-order chi connectivity index (χ1) is 9.89. The Bertz CT molecular complexity index is 468. The van der Waals surface area contributed by atoms with Crippen LogP contribution in [0.2, 0.25) is 0 Å². The zero-order chi connectivity index (χ0) is 15.9. The van der Waals surface area contributed by atoms with Crippen LogP contribution in [-0.2, 0) is 4.79 Å². The third kappa shape index (κ3) is 5.63. The summed E-state index contributed by atoms with van der Waals surface area (Å²) in [4.78, 5) is 20.1. The summed E-state index contributed by atoms with van der Waals surface area (Å²) in [6.07, 6.45) is 3.74. The van der Waals surface area contributed by atoms with Crippen LogP contribution in [0.15, 0.2) is 17.4 Å². The Kier molecular flexibility index (Phi) is 7.11. The van der Waals surface area contributed by atoms with E-state index < -0.39 is 11.5 Å². The molecular weight excluding hydrogens is 286 g/mol. The Labute approximate surface area is 131 Å². The van der Waals surface area contributed by atoms with E-state index in [0.29, 0.717) is 12.8 Å². The van der Waals surface area contributed by atoms with E-state index in [1.165, 1.54) is 0 Å². The van der Waals surface area contributed by atoms with Gasteiger partial charge in [-0.05, 0) is 46.1 Å². The molecule has 21 heavy (non-hydrogen) atoms. The number of nitrogens with one attached hydrogen (secondary N) is 1. The molecule has 1 unspecified atom stereocenters. The van der Waals surface area contributed by atoms with Gasteiger partial charge in [0.1, 0.15) is 5.54 Å². The average Bonchev–Trinajstić information content (AvgIpc) is 2.41. The van der Waals surface area contributed by atoms with Crippen LogP contribution < -0.4 is 5.32 Å². The van der Waals surface area contributed by atoms with Gasteiger partial charge in [-0.15, -0.1) is 0 Å². The highest BCUT2D eigenvalue weighted by Gasteiger charge is 2.36. The van der Waals surface area contributed by atoms with E-state index in [4.69, 9.17) is 0 Å². The largest absolute Gasteiger partial charge is 0.480 e. The van der Waals surface area contributed by atoms with Crippen molar-refractivity contribution in [3.05, 3.63) is 18.0 Å². The highest BCUT2D eigenvalue weighted by molar-refractivity contribution is 7.99. The van der Waals surface area contributed by atoms with Crippen molar-refractivity contribution >= 4 is 17.7 Å². The Morgan fingerprint density at radius 1 is 1.52 bits per heavy atom. The summed E-state index contributed by atoms with van der Waals surface area (Å²) in [6, 6.07) is 2.01. The standard InChI is InChI=1S/C15H25N3O2S/c1-5-15(13(19)20,18-11(2)3)8-6-10-21-14-16-9-7-12(4)17-14/h7,9,11,18H,5-6,8,10H2,1-4H3,(H,19,20). The Balaban J connectivity index is 2.52. The second kappa shape index (κ2) is 8.34. The molecule has 1 atom stereocenters. The molecular formula is C15H25N3O2S. The molecule has 0 spiro atoms. The number of aliphatic carboxylic acids is 1. The second-order valence-electron chi connectivity index (χ2n) is 5.47. The van der Waals surface area contributed by atoms with Gasteiger partial charge < -0.3 is 5.11 Å². The topological polar surface area (TPSA) is 75.1 Å². The number of rotatable bonds is 9. The van der Waals surface area contributed by atoms with Crippen LogP contribution >= 0.6 is 11.8 Å². The molecule has 0 aromatic carbocycles. The van der Waals surface area contributed by atoms with Gasteiger partial charge >= 0.3 is 5.97 Å². The summed E-state index contributed by atoms with van der Waals surface area (Å²) >= 11 is 1.57. The monoisotopic (exact) mass is 311 g/mol. The molecule has 1 rings (SSSR count). The number of carboxylic acid groups (broad SMARTS) is 1. The fourth-order valence-corrected chi connectivity index (χ4v) is 3.07. The maximum absolute atomic E-state index is 11.6. The molecule has 0 saturated carbocycles. The van der Waals surface area contributed by atoms with Gasteiger partial charge in [0.05, 0.1) is 0 Å². The zero-order valence-corrected chi connectivity index (χ0v) is 14.0. The van der Waals surface area contributed by atoms with E-state index >= 15 is 0 Å². The van der Waals surface area contributed by atoms with E-state index in [0.717, 1.165) is 23.0 Å². The number of aryl methyl sites for hydroxylation is 1. The lowest BCUT2D eigenvalue weighted by atomic mass is 9.90. The van der Waals surface area contributed by atoms with Gasteiger partial charge in [-0.3, -0.25) is 10.1 Å². The molecule has 0 aliphatic carbocycles. The molecule has 6 heteroatoms. The molecule has 0 aliphatic rings. The minimum absolute atomic E-state index is 0.147. The molecule has 0 aliphatic heterocycles. The normalized spacial score (nSPS) is 14.1. The van der Waals surface area contributed by atoms with Crippen LogP contribution in [0.1, 0.15) is 45.7 Å². The summed E-state index contributed by atoms with van der Waals surface area (Å²) in [5, 5.41) is 13.5. The van der Waals surface area contributed by atoms with Gasteiger partial charge in [0.15, 0.2) is 5.16 Å². The third-order valence-electron chi connectivity index (χ3n) is 3.33. The van der Waals surface area contributed by atoms with E-state index in [9.17, 15) is 9.90 Å².